The number of hydrogen-bond donors (Lipinski definition) is 1. The number of amides is 2. The van der Waals surface area contributed by atoms with Gasteiger partial charge in [0, 0.05) is 19.6 Å². The van der Waals surface area contributed by atoms with Gasteiger partial charge in [-0.25, -0.2) is 4.39 Å². The van der Waals surface area contributed by atoms with Crippen LogP contribution in [0.2, 0.25) is 0 Å². The Kier molecular flexibility index (Phi) is 5.96. The summed E-state index contributed by atoms with van der Waals surface area (Å²) < 4.78 is 19.1. The van der Waals surface area contributed by atoms with Crippen LogP contribution in [0.5, 0.6) is 0 Å². The molecule has 6 heteroatoms. The minimum atomic E-state index is -0.392. The van der Waals surface area contributed by atoms with Gasteiger partial charge in [0.05, 0.1) is 12.5 Å². The second-order valence-electron chi connectivity index (χ2n) is 6.27. The number of benzene rings is 2. The Morgan fingerprint density at radius 1 is 1.15 bits per heavy atom. The Morgan fingerprint density at radius 2 is 1.88 bits per heavy atom. The molecule has 0 aromatic heterocycles. The zero-order chi connectivity index (χ0) is 18.4. The number of morpholine rings is 1. The van der Waals surface area contributed by atoms with E-state index in [2.05, 4.69) is 5.32 Å². The molecule has 5 nitrogen and oxygen atoms in total. The molecule has 1 N–H and O–H groups in total. The van der Waals surface area contributed by atoms with Gasteiger partial charge in [0.25, 0.3) is 0 Å². The van der Waals surface area contributed by atoms with Gasteiger partial charge in [0.15, 0.2) is 0 Å². The Labute approximate surface area is 151 Å². The van der Waals surface area contributed by atoms with Crippen LogP contribution in [0, 0.1) is 5.82 Å². The molecule has 0 spiro atoms. The largest absolute Gasteiger partial charge is 0.365 e. The Balaban J connectivity index is 1.49. The second-order valence-corrected chi connectivity index (χ2v) is 6.27. The van der Waals surface area contributed by atoms with Gasteiger partial charge in [-0.3, -0.25) is 9.59 Å². The molecule has 2 aromatic carbocycles. The molecule has 1 fully saturated rings. The summed E-state index contributed by atoms with van der Waals surface area (Å²) in [5, 5.41) is 2.76. The summed E-state index contributed by atoms with van der Waals surface area (Å²) in [4.78, 5) is 25.8. The molecule has 1 heterocycles. The van der Waals surface area contributed by atoms with E-state index in [1.54, 1.807) is 23.1 Å². The van der Waals surface area contributed by atoms with Gasteiger partial charge in [-0.05, 0) is 17.2 Å². The highest BCUT2D eigenvalue weighted by Gasteiger charge is 2.26. The van der Waals surface area contributed by atoms with Crippen molar-refractivity contribution in [2.24, 2.45) is 0 Å². The normalized spacial score (nSPS) is 17.2. The lowest BCUT2D eigenvalue weighted by Crippen LogP contribution is -2.50. The van der Waals surface area contributed by atoms with Crippen molar-refractivity contribution in [2.45, 2.75) is 19.1 Å². The molecule has 0 bridgehead atoms. The number of carbonyl (C=O) groups excluding carboxylic acids is 2. The summed E-state index contributed by atoms with van der Waals surface area (Å²) in [6.45, 7) is 1.21. The van der Waals surface area contributed by atoms with Crippen LogP contribution in [0.4, 0.5) is 4.39 Å². The van der Waals surface area contributed by atoms with Gasteiger partial charge in [0.1, 0.15) is 12.4 Å². The van der Waals surface area contributed by atoms with Gasteiger partial charge < -0.3 is 15.0 Å². The van der Waals surface area contributed by atoms with Crippen LogP contribution in [0.25, 0.3) is 0 Å². The summed E-state index contributed by atoms with van der Waals surface area (Å²) in [5.74, 6) is -0.732. The van der Waals surface area contributed by atoms with Crippen molar-refractivity contribution in [3.63, 3.8) is 0 Å². The van der Waals surface area contributed by atoms with Gasteiger partial charge in [-0.2, -0.15) is 0 Å². The summed E-state index contributed by atoms with van der Waals surface area (Å²) in [7, 11) is 0. The summed E-state index contributed by atoms with van der Waals surface area (Å²) in [6.07, 6.45) is -0.299. The van der Waals surface area contributed by atoms with E-state index >= 15 is 0 Å². The molecule has 2 aromatic rings. The number of hydrogen-bond acceptors (Lipinski definition) is 3. The molecule has 3 rings (SSSR count). The fourth-order valence-electron chi connectivity index (χ4n) is 2.87. The van der Waals surface area contributed by atoms with Gasteiger partial charge >= 0.3 is 0 Å². The van der Waals surface area contributed by atoms with Gasteiger partial charge in [0.2, 0.25) is 11.8 Å². The van der Waals surface area contributed by atoms with Crippen LogP contribution in [0.15, 0.2) is 54.6 Å². The Bertz CT molecular complexity index is 767. The number of nitrogens with zero attached hydrogens (tertiary/aromatic N) is 1. The molecule has 0 aliphatic carbocycles. The number of carbonyl (C=O) groups is 2. The fourth-order valence-corrected chi connectivity index (χ4v) is 2.87. The molecule has 1 saturated heterocycles. The predicted molar refractivity (Wildman–Crippen MR) is 94.7 cm³/mol. The molecular weight excluding hydrogens is 335 g/mol. The van der Waals surface area contributed by atoms with E-state index in [0.29, 0.717) is 18.7 Å². The maximum Gasteiger partial charge on any atom is 0.248 e. The van der Waals surface area contributed by atoms with E-state index < -0.39 is 5.82 Å². The third-order valence-corrected chi connectivity index (χ3v) is 4.27. The van der Waals surface area contributed by atoms with Crippen LogP contribution in [0.1, 0.15) is 11.1 Å². The number of nitrogens with one attached hydrogen (secondary N) is 1. The van der Waals surface area contributed by atoms with E-state index in [9.17, 15) is 14.0 Å². The van der Waals surface area contributed by atoms with Crippen LogP contribution >= 0.6 is 0 Å². The second kappa shape index (κ2) is 8.58. The number of rotatable bonds is 6. The molecular formula is C20H21FN2O3. The van der Waals surface area contributed by atoms with E-state index in [1.165, 1.54) is 6.07 Å². The van der Waals surface area contributed by atoms with Crippen molar-refractivity contribution in [1.82, 2.24) is 10.2 Å². The third kappa shape index (κ3) is 4.89. The van der Waals surface area contributed by atoms with Crippen molar-refractivity contribution >= 4 is 11.8 Å². The molecule has 2 amide bonds. The van der Waals surface area contributed by atoms with E-state index in [-0.39, 0.29) is 37.5 Å². The first-order valence-corrected chi connectivity index (χ1v) is 8.55. The van der Waals surface area contributed by atoms with Crippen molar-refractivity contribution in [1.29, 1.82) is 0 Å². The first-order chi connectivity index (χ1) is 12.6. The molecule has 0 saturated carbocycles. The Morgan fingerprint density at radius 3 is 2.65 bits per heavy atom. The van der Waals surface area contributed by atoms with E-state index in [4.69, 9.17) is 4.74 Å². The lowest BCUT2D eigenvalue weighted by molar-refractivity contribution is -0.149. The van der Waals surface area contributed by atoms with Crippen LogP contribution in [-0.4, -0.2) is 42.5 Å². The summed E-state index contributed by atoms with van der Waals surface area (Å²) in [5.41, 5.74) is 1.40. The zero-order valence-electron chi connectivity index (χ0n) is 14.4. The minimum Gasteiger partial charge on any atom is -0.365 e. The topological polar surface area (TPSA) is 58.6 Å². The molecule has 26 heavy (non-hydrogen) atoms. The monoisotopic (exact) mass is 356 g/mol. The first-order valence-electron chi connectivity index (χ1n) is 8.55. The van der Waals surface area contributed by atoms with Gasteiger partial charge in [-0.15, -0.1) is 0 Å². The Hall–Kier alpha value is -2.73. The quantitative estimate of drug-likeness (QED) is 0.860. The molecule has 1 atom stereocenters. The van der Waals surface area contributed by atoms with E-state index in [1.807, 2.05) is 30.3 Å². The van der Waals surface area contributed by atoms with E-state index in [0.717, 1.165) is 5.56 Å². The maximum atomic E-state index is 13.6. The number of ether oxygens (including phenoxy) is 1. The first kappa shape index (κ1) is 18.1. The SMILES string of the molecule is O=C(Cc1ccccc1F)NCC1CN(Cc2ccccc2)C(=O)CO1. The van der Waals surface area contributed by atoms with Gasteiger partial charge in [-0.1, -0.05) is 48.5 Å². The molecule has 1 unspecified atom stereocenters. The van der Waals surface area contributed by atoms with Crippen LogP contribution in [0.3, 0.4) is 0 Å². The smallest absolute Gasteiger partial charge is 0.248 e. The van der Waals surface area contributed by atoms with Crippen molar-refractivity contribution in [3.8, 4) is 0 Å². The fraction of sp³-hybridized carbons (Fsp3) is 0.300. The lowest BCUT2D eigenvalue weighted by Gasteiger charge is -2.33. The van der Waals surface area contributed by atoms with Crippen molar-refractivity contribution in [2.75, 3.05) is 19.7 Å². The predicted octanol–water partition coefficient (Wildman–Crippen LogP) is 1.91. The zero-order valence-corrected chi connectivity index (χ0v) is 14.4. The summed E-state index contributed by atoms with van der Waals surface area (Å²) >= 11 is 0. The highest BCUT2D eigenvalue weighted by Crippen LogP contribution is 2.12. The average molecular weight is 356 g/mol. The maximum absolute atomic E-state index is 13.6. The molecule has 136 valence electrons. The van der Waals surface area contributed by atoms with Crippen molar-refractivity contribution < 1.29 is 18.7 Å². The highest BCUT2D eigenvalue weighted by atomic mass is 19.1. The molecule has 1 aliphatic rings. The lowest BCUT2D eigenvalue weighted by atomic mass is 10.1. The van der Waals surface area contributed by atoms with Crippen LogP contribution < -0.4 is 5.32 Å². The molecule has 0 radical (unpaired) electrons. The average Bonchev–Trinajstić information content (AvgIpc) is 2.65. The summed E-state index contributed by atoms with van der Waals surface area (Å²) in [6, 6.07) is 15.9. The highest BCUT2D eigenvalue weighted by molar-refractivity contribution is 5.79. The minimum absolute atomic E-state index is 0.000679. The van der Waals surface area contributed by atoms with Crippen LogP contribution in [-0.2, 0) is 27.3 Å². The third-order valence-electron chi connectivity index (χ3n) is 4.27. The standard InChI is InChI=1S/C20H21FN2O3/c21-18-9-5-4-8-16(18)10-19(24)22-11-17-13-23(20(25)14-26-17)12-15-6-2-1-3-7-15/h1-9,17H,10-14H2,(H,22,24). The van der Waals surface area contributed by atoms with Crippen molar-refractivity contribution in [3.05, 3.63) is 71.5 Å². The number of halogens is 1. The molecule has 1 aliphatic heterocycles.